The number of anilines is 1. The molecule has 3 nitrogen and oxygen atoms in total. The predicted octanol–water partition coefficient (Wildman–Crippen LogP) is 4.82. The zero-order chi connectivity index (χ0) is 14.9. The van der Waals surface area contributed by atoms with Gasteiger partial charge in [0.05, 0.1) is 18.3 Å². The highest BCUT2D eigenvalue weighted by Gasteiger charge is 2.13. The Hall–Kier alpha value is -2.03. The van der Waals surface area contributed by atoms with Crippen molar-refractivity contribution in [2.24, 2.45) is 0 Å². The van der Waals surface area contributed by atoms with Crippen LogP contribution < -0.4 is 10.1 Å². The van der Waals surface area contributed by atoms with E-state index < -0.39 is 0 Å². The van der Waals surface area contributed by atoms with E-state index in [0.29, 0.717) is 12.5 Å². The third-order valence-electron chi connectivity index (χ3n) is 3.43. The lowest BCUT2D eigenvalue weighted by atomic mass is 10.0. The van der Waals surface area contributed by atoms with Crippen LogP contribution in [0.5, 0.6) is 5.88 Å². The Morgan fingerprint density at radius 1 is 1.10 bits per heavy atom. The number of unbranched alkanes of at least 4 members (excludes halogenated alkanes) is 1. The number of nitrogens with one attached hydrogen (secondary N) is 1. The highest BCUT2D eigenvalue weighted by molar-refractivity contribution is 5.53. The van der Waals surface area contributed by atoms with E-state index in [-0.39, 0.29) is 6.04 Å². The first-order valence-electron chi connectivity index (χ1n) is 7.74. The average Bonchev–Trinajstić information content (AvgIpc) is 2.54. The third-order valence-corrected chi connectivity index (χ3v) is 3.43. The first-order chi connectivity index (χ1) is 10.3. The van der Waals surface area contributed by atoms with E-state index in [1.54, 1.807) is 6.20 Å². The second-order valence-corrected chi connectivity index (χ2v) is 5.04. The highest BCUT2D eigenvalue weighted by Crippen LogP contribution is 2.29. The summed E-state index contributed by atoms with van der Waals surface area (Å²) in [7, 11) is 0. The standard InChI is InChI=1S/C18H24N2O/c1-3-5-12-16(15-10-7-6-8-11-15)20-17-13-9-14-19-18(17)21-4-2/h6-11,13-14,16,20H,3-5,12H2,1-2H3. The second kappa shape index (κ2) is 8.30. The number of nitrogens with zero attached hydrogens (tertiary/aromatic N) is 1. The van der Waals surface area contributed by atoms with Crippen LogP contribution in [0, 0.1) is 0 Å². The van der Waals surface area contributed by atoms with Gasteiger partial charge in [0.25, 0.3) is 0 Å². The van der Waals surface area contributed by atoms with Crippen LogP contribution in [0.25, 0.3) is 0 Å². The van der Waals surface area contributed by atoms with Gasteiger partial charge in [-0.3, -0.25) is 0 Å². The molecule has 0 saturated heterocycles. The third kappa shape index (κ3) is 4.48. The van der Waals surface area contributed by atoms with Gasteiger partial charge < -0.3 is 10.1 Å². The smallest absolute Gasteiger partial charge is 0.237 e. The number of hydrogen-bond donors (Lipinski definition) is 1. The van der Waals surface area contributed by atoms with Crippen LogP contribution in [0.2, 0.25) is 0 Å². The molecular weight excluding hydrogens is 260 g/mol. The maximum Gasteiger partial charge on any atom is 0.237 e. The molecular formula is C18H24N2O. The minimum Gasteiger partial charge on any atom is -0.476 e. The maximum atomic E-state index is 5.60. The Balaban J connectivity index is 2.19. The molecule has 3 heteroatoms. The van der Waals surface area contributed by atoms with Gasteiger partial charge in [0.2, 0.25) is 5.88 Å². The summed E-state index contributed by atoms with van der Waals surface area (Å²) in [6.45, 7) is 4.82. The van der Waals surface area contributed by atoms with Gasteiger partial charge in [-0.05, 0) is 31.0 Å². The SMILES string of the molecule is CCCCC(Nc1cccnc1OCC)c1ccccc1. The van der Waals surface area contributed by atoms with Crippen molar-refractivity contribution in [3.63, 3.8) is 0 Å². The Kier molecular flexibility index (Phi) is 6.07. The molecule has 0 amide bonds. The van der Waals surface area contributed by atoms with Gasteiger partial charge in [-0.25, -0.2) is 4.98 Å². The monoisotopic (exact) mass is 284 g/mol. The molecule has 0 aliphatic heterocycles. The Bertz CT molecular complexity index is 528. The Labute approximate surface area is 127 Å². The van der Waals surface area contributed by atoms with Crippen molar-refractivity contribution < 1.29 is 4.74 Å². The van der Waals surface area contributed by atoms with E-state index in [1.807, 2.05) is 19.1 Å². The van der Waals surface area contributed by atoms with E-state index in [9.17, 15) is 0 Å². The summed E-state index contributed by atoms with van der Waals surface area (Å²) in [5, 5.41) is 3.60. The van der Waals surface area contributed by atoms with Gasteiger partial charge in [-0.15, -0.1) is 0 Å². The lowest BCUT2D eigenvalue weighted by Crippen LogP contribution is -2.12. The molecule has 0 spiro atoms. The molecule has 2 aromatic rings. The zero-order valence-corrected chi connectivity index (χ0v) is 12.9. The molecule has 2 rings (SSSR count). The number of rotatable bonds is 8. The van der Waals surface area contributed by atoms with Gasteiger partial charge >= 0.3 is 0 Å². The van der Waals surface area contributed by atoms with Crippen LogP contribution in [-0.4, -0.2) is 11.6 Å². The summed E-state index contributed by atoms with van der Waals surface area (Å²) < 4.78 is 5.60. The fourth-order valence-corrected chi connectivity index (χ4v) is 2.36. The summed E-state index contributed by atoms with van der Waals surface area (Å²) in [4.78, 5) is 4.31. The van der Waals surface area contributed by atoms with Crippen molar-refractivity contribution in [2.75, 3.05) is 11.9 Å². The van der Waals surface area contributed by atoms with Crippen molar-refractivity contribution in [1.29, 1.82) is 0 Å². The van der Waals surface area contributed by atoms with E-state index in [2.05, 4.69) is 47.6 Å². The molecule has 0 aliphatic carbocycles. The molecule has 0 bridgehead atoms. The molecule has 112 valence electrons. The number of pyridine rings is 1. The molecule has 1 heterocycles. The molecule has 0 radical (unpaired) electrons. The Morgan fingerprint density at radius 3 is 2.62 bits per heavy atom. The van der Waals surface area contributed by atoms with E-state index >= 15 is 0 Å². The van der Waals surface area contributed by atoms with Gasteiger partial charge in [0.1, 0.15) is 0 Å². The average molecular weight is 284 g/mol. The van der Waals surface area contributed by atoms with E-state index in [1.165, 1.54) is 18.4 Å². The fourth-order valence-electron chi connectivity index (χ4n) is 2.36. The van der Waals surface area contributed by atoms with Gasteiger partial charge in [-0.1, -0.05) is 50.1 Å². The molecule has 0 aliphatic rings. The van der Waals surface area contributed by atoms with Crippen molar-refractivity contribution in [2.45, 2.75) is 39.2 Å². The minimum atomic E-state index is 0.287. The molecule has 0 fully saturated rings. The van der Waals surface area contributed by atoms with Crippen LogP contribution in [0.15, 0.2) is 48.7 Å². The minimum absolute atomic E-state index is 0.287. The van der Waals surface area contributed by atoms with Gasteiger partial charge in [0, 0.05) is 6.20 Å². The number of benzene rings is 1. The topological polar surface area (TPSA) is 34.2 Å². The quantitative estimate of drug-likeness (QED) is 0.754. The fraction of sp³-hybridized carbons (Fsp3) is 0.389. The van der Waals surface area contributed by atoms with Crippen molar-refractivity contribution in [3.05, 3.63) is 54.2 Å². The zero-order valence-electron chi connectivity index (χ0n) is 12.9. The summed E-state index contributed by atoms with van der Waals surface area (Å²) >= 11 is 0. The first-order valence-corrected chi connectivity index (χ1v) is 7.74. The van der Waals surface area contributed by atoms with Crippen LogP contribution in [0.1, 0.15) is 44.7 Å². The van der Waals surface area contributed by atoms with Crippen LogP contribution >= 0.6 is 0 Å². The maximum absolute atomic E-state index is 5.60. The molecule has 1 atom stereocenters. The summed E-state index contributed by atoms with van der Waals surface area (Å²) in [6.07, 6.45) is 5.24. The number of hydrogen-bond acceptors (Lipinski definition) is 3. The molecule has 21 heavy (non-hydrogen) atoms. The largest absolute Gasteiger partial charge is 0.476 e. The van der Waals surface area contributed by atoms with Crippen LogP contribution in [0.3, 0.4) is 0 Å². The van der Waals surface area contributed by atoms with E-state index in [0.717, 1.165) is 12.1 Å². The molecule has 0 saturated carbocycles. The first kappa shape index (κ1) is 15.4. The van der Waals surface area contributed by atoms with Crippen molar-refractivity contribution in [3.8, 4) is 5.88 Å². The van der Waals surface area contributed by atoms with E-state index in [4.69, 9.17) is 4.74 Å². The normalized spacial score (nSPS) is 11.9. The van der Waals surface area contributed by atoms with Crippen LogP contribution in [-0.2, 0) is 0 Å². The lowest BCUT2D eigenvalue weighted by molar-refractivity contribution is 0.328. The molecule has 1 unspecified atom stereocenters. The lowest BCUT2D eigenvalue weighted by Gasteiger charge is -2.21. The Morgan fingerprint density at radius 2 is 1.90 bits per heavy atom. The number of ether oxygens (including phenoxy) is 1. The highest BCUT2D eigenvalue weighted by atomic mass is 16.5. The van der Waals surface area contributed by atoms with Gasteiger partial charge in [0.15, 0.2) is 0 Å². The van der Waals surface area contributed by atoms with Crippen molar-refractivity contribution >= 4 is 5.69 Å². The molecule has 1 aromatic carbocycles. The summed E-state index contributed by atoms with van der Waals surface area (Å²) in [5.41, 5.74) is 2.27. The second-order valence-electron chi connectivity index (χ2n) is 5.04. The van der Waals surface area contributed by atoms with Gasteiger partial charge in [-0.2, -0.15) is 0 Å². The van der Waals surface area contributed by atoms with Crippen LogP contribution in [0.4, 0.5) is 5.69 Å². The summed E-state index contributed by atoms with van der Waals surface area (Å²) in [6, 6.07) is 14.8. The molecule has 1 aromatic heterocycles. The summed E-state index contributed by atoms with van der Waals surface area (Å²) in [5.74, 6) is 0.678. The number of aromatic nitrogens is 1. The van der Waals surface area contributed by atoms with Crippen molar-refractivity contribution in [1.82, 2.24) is 4.98 Å². The predicted molar refractivity (Wildman–Crippen MR) is 87.7 cm³/mol. The molecule has 1 N–H and O–H groups in total.